The van der Waals surface area contributed by atoms with E-state index in [0.29, 0.717) is 13.1 Å². The number of aromatic nitrogens is 2. The summed E-state index contributed by atoms with van der Waals surface area (Å²) in [6.45, 7) is 1.01. The van der Waals surface area contributed by atoms with Gasteiger partial charge in [-0.1, -0.05) is 30.3 Å². The van der Waals surface area contributed by atoms with Gasteiger partial charge in [-0.25, -0.2) is 13.4 Å². The molecule has 7 nitrogen and oxygen atoms in total. The summed E-state index contributed by atoms with van der Waals surface area (Å²) in [7, 11) is -2.97. The Labute approximate surface area is 220 Å². The van der Waals surface area contributed by atoms with Gasteiger partial charge >= 0.3 is 0 Å². The molecule has 3 aromatic carbocycles. The van der Waals surface area contributed by atoms with Crippen molar-refractivity contribution >= 4 is 43.5 Å². The molecule has 5 rings (SSSR count). The van der Waals surface area contributed by atoms with E-state index >= 15 is 0 Å². The number of hydrogen-bond donors (Lipinski definition) is 2. The first-order chi connectivity index (χ1) is 17.9. The van der Waals surface area contributed by atoms with Crippen LogP contribution in [0, 0.1) is 0 Å². The zero-order valence-corrected chi connectivity index (χ0v) is 21.9. The molecule has 188 valence electrons. The van der Waals surface area contributed by atoms with Gasteiger partial charge in [-0.15, -0.1) is 11.3 Å². The molecule has 0 bridgehead atoms. The summed E-state index contributed by atoms with van der Waals surface area (Å²) in [6, 6.07) is 25.6. The first-order valence-electron chi connectivity index (χ1n) is 11.8. The summed E-state index contributed by atoms with van der Waals surface area (Å²) in [6.07, 6.45) is 4.86. The Kier molecular flexibility index (Phi) is 7.45. The maximum absolute atomic E-state index is 11.3. The molecule has 2 heterocycles. The van der Waals surface area contributed by atoms with E-state index in [-0.39, 0.29) is 5.75 Å². The quantitative estimate of drug-likeness (QED) is 0.213. The zero-order valence-electron chi connectivity index (χ0n) is 20.2. The second kappa shape index (κ2) is 11.1. The number of benzene rings is 3. The van der Waals surface area contributed by atoms with Crippen molar-refractivity contribution in [1.82, 2.24) is 15.3 Å². The van der Waals surface area contributed by atoms with E-state index in [9.17, 15) is 8.42 Å². The van der Waals surface area contributed by atoms with Crippen molar-refractivity contribution < 1.29 is 13.2 Å². The summed E-state index contributed by atoms with van der Waals surface area (Å²) in [4.78, 5) is 10.2. The normalized spacial score (nSPS) is 11.5. The monoisotopic (exact) mass is 530 g/mol. The average Bonchev–Trinajstić information content (AvgIpc) is 3.37. The highest BCUT2D eigenvalue weighted by molar-refractivity contribution is 7.90. The Morgan fingerprint density at radius 3 is 2.49 bits per heavy atom. The van der Waals surface area contributed by atoms with Crippen molar-refractivity contribution in [2.24, 2.45) is 0 Å². The molecule has 0 amide bonds. The maximum Gasteiger partial charge on any atom is 0.148 e. The van der Waals surface area contributed by atoms with Crippen LogP contribution in [0.15, 0.2) is 91.3 Å². The topological polar surface area (TPSA) is 93.2 Å². The summed E-state index contributed by atoms with van der Waals surface area (Å²) in [5, 5.41) is 8.55. The Morgan fingerprint density at radius 2 is 1.70 bits per heavy atom. The van der Waals surface area contributed by atoms with E-state index in [1.54, 1.807) is 17.5 Å². The molecule has 0 saturated carbocycles. The van der Waals surface area contributed by atoms with Crippen LogP contribution in [0.2, 0.25) is 0 Å². The first-order valence-corrected chi connectivity index (χ1v) is 14.6. The third kappa shape index (κ3) is 6.71. The molecule has 2 N–H and O–H groups in total. The van der Waals surface area contributed by atoms with Crippen LogP contribution >= 0.6 is 11.3 Å². The van der Waals surface area contributed by atoms with Gasteiger partial charge in [0.1, 0.15) is 26.3 Å². The van der Waals surface area contributed by atoms with E-state index in [1.165, 1.54) is 6.26 Å². The Bertz CT molecular complexity index is 1600. The summed E-state index contributed by atoms with van der Waals surface area (Å²) < 4.78 is 28.4. The number of rotatable bonds is 10. The van der Waals surface area contributed by atoms with Gasteiger partial charge in [0.2, 0.25) is 0 Å². The average molecular weight is 531 g/mol. The second-order valence-electron chi connectivity index (χ2n) is 8.59. The molecule has 0 saturated heterocycles. The van der Waals surface area contributed by atoms with Crippen molar-refractivity contribution in [3.63, 3.8) is 0 Å². The van der Waals surface area contributed by atoms with Gasteiger partial charge in [-0.05, 0) is 48.5 Å². The third-order valence-corrected chi connectivity index (χ3v) is 7.60. The lowest BCUT2D eigenvalue weighted by Crippen LogP contribution is -2.21. The van der Waals surface area contributed by atoms with Crippen molar-refractivity contribution in [1.29, 1.82) is 0 Å². The highest BCUT2D eigenvalue weighted by atomic mass is 32.2. The molecule has 0 unspecified atom stereocenters. The van der Waals surface area contributed by atoms with Crippen molar-refractivity contribution in [2.45, 2.75) is 6.54 Å². The number of thiazole rings is 1. The molecular formula is C28H26N4O3S2. The van der Waals surface area contributed by atoms with Crippen LogP contribution in [0.3, 0.4) is 0 Å². The largest absolute Gasteiger partial charge is 0.457 e. The molecule has 0 aliphatic rings. The second-order valence-corrected chi connectivity index (χ2v) is 12.0. The fraction of sp³-hybridized carbons (Fsp3) is 0.143. The van der Waals surface area contributed by atoms with Gasteiger partial charge in [0.05, 0.1) is 11.3 Å². The van der Waals surface area contributed by atoms with Gasteiger partial charge in [0.15, 0.2) is 0 Å². The molecule has 0 spiro atoms. The minimum atomic E-state index is -2.97. The predicted molar refractivity (Wildman–Crippen MR) is 151 cm³/mol. The molecule has 0 radical (unpaired) electrons. The first kappa shape index (κ1) is 24.9. The molecule has 5 aromatic rings. The fourth-order valence-electron chi connectivity index (χ4n) is 3.77. The maximum atomic E-state index is 11.3. The molecule has 2 aromatic heterocycles. The SMILES string of the molecule is CS(=O)(=O)CCNCc1cnc(-c2ccc3c(Nc4ccc(Oc5ccccc5)cc4)ccnc3c2)s1. The highest BCUT2D eigenvalue weighted by Gasteiger charge is 2.09. The van der Waals surface area contributed by atoms with Gasteiger partial charge < -0.3 is 15.4 Å². The van der Waals surface area contributed by atoms with Crippen LogP contribution in [0.4, 0.5) is 11.4 Å². The minimum Gasteiger partial charge on any atom is -0.457 e. The fourth-order valence-corrected chi connectivity index (χ4v) is 5.16. The van der Waals surface area contributed by atoms with Gasteiger partial charge in [-0.2, -0.15) is 0 Å². The minimum absolute atomic E-state index is 0.122. The summed E-state index contributed by atoms with van der Waals surface area (Å²) in [5.74, 6) is 1.70. The Morgan fingerprint density at radius 1 is 0.919 bits per heavy atom. The molecule has 0 aliphatic carbocycles. The molecule has 0 aliphatic heterocycles. The number of anilines is 2. The number of nitrogens with zero attached hydrogens (tertiary/aromatic N) is 2. The lowest BCUT2D eigenvalue weighted by molar-refractivity contribution is 0.483. The summed E-state index contributed by atoms with van der Waals surface area (Å²) in [5.41, 5.74) is 3.77. The third-order valence-electron chi connectivity index (χ3n) is 5.60. The van der Waals surface area contributed by atoms with Crippen LogP contribution in [-0.2, 0) is 16.4 Å². The van der Waals surface area contributed by atoms with E-state index in [4.69, 9.17) is 4.74 Å². The van der Waals surface area contributed by atoms with Crippen LogP contribution in [-0.4, -0.2) is 36.9 Å². The van der Waals surface area contributed by atoms with Crippen LogP contribution in [0.5, 0.6) is 11.5 Å². The number of ether oxygens (including phenoxy) is 1. The van der Waals surface area contributed by atoms with E-state index in [1.807, 2.05) is 79.0 Å². The lowest BCUT2D eigenvalue weighted by Gasteiger charge is -2.11. The van der Waals surface area contributed by atoms with Crippen LogP contribution < -0.4 is 15.4 Å². The zero-order chi connectivity index (χ0) is 25.7. The van der Waals surface area contributed by atoms with E-state index in [2.05, 4.69) is 26.7 Å². The smallest absolute Gasteiger partial charge is 0.148 e. The number of pyridine rings is 1. The van der Waals surface area contributed by atoms with Crippen molar-refractivity contribution in [2.75, 3.05) is 23.9 Å². The number of nitrogens with one attached hydrogen (secondary N) is 2. The lowest BCUT2D eigenvalue weighted by atomic mass is 10.1. The number of fused-ring (bicyclic) bond motifs is 1. The number of sulfone groups is 1. The standard InChI is InChI=1S/C28H26N4O3S2/c1-37(33,34)16-15-29-18-24-19-31-28(36-24)20-7-12-25-26(13-14-30-27(25)17-20)32-21-8-10-23(11-9-21)35-22-5-3-2-4-6-22/h2-14,17,19,29H,15-16,18H2,1H3,(H,30,32). The summed E-state index contributed by atoms with van der Waals surface area (Å²) >= 11 is 1.58. The highest BCUT2D eigenvalue weighted by Crippen LogP contribution is 2.32. The Hall–Kier alpha value is -3.79. The number of hydrogen-bond acceptors (Lipinski definition) is 8. The number of para-hydroxylation sites is 1. The van der Waals surface area contributed by atoms with E-state index < -0.39 is 9.84 Å². The van der Waals surface area contributed by atoms with Crippen molar-refractivity contribution in [3.05, 3.63) is 96.1 Å². The Balaban J connectivity index is 1.26. The van der Waals surface area contributed by atoms with Crippen LogP contribution in [0.1, 0.15) is 4.88 Å². The van der Waals surface area contributed by atoms with Crippen molar-refractivity contribution in [3.8, 4) is 22.1 Å². The van der Waals surface area contributed by atoms with Gasteiger partial charge in [0.25, 0.3) is 0 Å². The molecule has 0 atom stereocenters. The van der Waals surface area contributed by atoms with Crippen LogP contribution in [0.25, 0.3) is 21.5 Å². The van der Waals surface area contributed by atoms with Gasteiger partial charge in [0, 0.05) is 58.9 Å². The molecule has 9 heteroatoms. The molecule has 37 heavy (non-hydrogen) atoms. The van der Waals surface area contributed by atoms with Gasteiger partial charge in [-0.3, -0.25) is 4.98 Å². The molecular weight excluding hydrogens is 504 g/mol. The predicted octanol–water partition coefficient (Wildman–Crippen LogP) is 6.03. The molecule has 0 fully saturated rings. The van der Waals surface area contributed by atoms with E-state index in [0.717, 1.165) is 49.2 Å².